The van der Waals surface area contributed by atoms with Crippen LogP contribution < -0.4 is 14.8 Å². The van der Waals surface area contributed by atoms with Gasteiger partial charge in [-0.2, -0.15) is 0 Å². The molecule has 1 N–H and O–H groups in total. The number of ether oxygens (including phenoxy) is 2. The minimum Gasteiger partial charge on any atom is -0.497 e. The van der Waals surface area contributed by atoms with Crippen LogP contribution >= 0.6 is 0 Å². The third kappa shape index (κ3) is 3.54. The fourth-order valence-corrected chi connectivity index (χ4v) is 2.99. The first-order valence-electron chi connectivity index (χ1n) is 7.87. The number of nitrogens with zero attached hydrogens (tertiary/aromatic N) is 1. The molecular weight excluding hydrogens is 288 g/mol. The van der Waals surface area contributed by atoms with Gasteiger partial charge in [-0.05, 0) is 48.7 Å². The first kappa shape index (κ1) is 15.6. The van der Waals surface area contributed by atoms with Crippen molar-refractivity contribution in [3.63, 3.8) is 0 Å². The van der Waals surface area contributed by atoms with Crippen molar-refractivity contribution in [2.24, 2.45) is 0 Å². The first-order chi connectivity index (χ1) is 11.3. The fourth-order valence-electron chi connectivity index (χ4n) is 2.99. The molecule has 2 heterocycles. The van der Waals surface area contributed by atoms with E-state index in [1.807, 2.05) is 36.7 Å². The Kier molecular flexibility index (Phi) is 4.93. The molecular formula is C19H22N2O2. The van der Waals surface area contributed by atoms with Crippen molar-refractivity contribution in [1.29, 1.82) is 0 Å². The van der Waals surface area contributed by atoms with E-state index in [0.717, 1.165) is 36.4 Å². The van der Waals surface area contributed by atoms with Crippen LogP contribution in [0.1, 0.15) is 30.0 Å². The average Bonchev–Trinajstić information content (AvgIpc) is 2.63. The molecule has 1 atom stereocenters. The highest BCUT2D eigenvalue weighted by atomic mass is 16.5. The lowest BCUT2D eigenvalue weighted by Crippen LogP contribution is -2.28. The molecule has 1 aromatic carbocycles. The number of pyridine rings is 1. The van der Waals surface area contributed by atoms with Crippen LogP contribution in [0.2, 0.25) is 0 Å². The Balaban J connectivity index is 1.96. The molecule has 0 aliphatic carbocycles. The van der Waals surface area contributed by atoms with Crippen LogP contribution in [-0.4, -0.2) is 25.7 Å². The number of benzene rings is 1. The summed E-state index contributed by atoms with van der Waals surface area (Å²) in [6.45, 7) is 1.02. The number of aromatic nitrogens is 1. The first-order valence-corrected chi connectivity index (χ1v) is 7.87. The summed E-state index contributed by atoms with van der Waals surface area (Å²) in [7, 11) is 3.35. The van der Waals surface area contributed by atoms with Gasteiger partial charge in [0, 0.05) is 24.0 Å². The van der Waals surface area contributed by atoms with Crippen LogP contribution in [0.25, 0.3) is 6.08 Å². The van der Waals surface area contributed by atoms with Crippen molar-refractivity contribution >= 4 is 6.08 Å². The van der Waals surface area contributed by atoms with E-state index in [0.29, 0.717) is 0 Å². The summed E-state index contributed by atoms with van der Waals surface area (Å²) >= 11 is 0. The van der Waals surface area contributed by atoms with Crippen LogP contribution in [0.3, 0.4) is 0 Å². The highest BCUT2D eigenvalue weighted by Gasteiger charge is 2.20. The molecule has 2 aromatic rings. The molecule has 0 bridgehead atoms. The Morgan fingerprint density at radius 3 is 2.87 bits per heavy atom. The van der Waals surface area contributed by atoms with Crippen molar-refractivity contribution in [3.8, 4) is 11.5 Å². The maximum absolute atomic E-state index is 5.51. The van der Waals surface area contributed by atoms with E-state index in [1.165, 1.54) is 11.1 Å². The number of piperidine rings is 1. The number of hydrogen-bond acceptors (Lipinski definition) is 4. The summed E-state index contributed by atoms with van der Waals surface area (Å²) in [5.74, 6) is 1.63. The van der Waals surface area contributed by atoms with Gasteiger partial charge in [-0.3, -0.25) is 4.98 Å². The molecule has 1 fully saturated rings. The van der Waals surface area contributed by atoms with Gasteiger partial charge < -0.3 is 14.8 Å². The molecule has 1 saturated heterocycles. The maximum atomic E-state index is 5.51. The molecule has 120 valence electrons. The largest absolute Gasteiger partial charge is 0.497 e. The summed E-state index contributed by atoms with van der Waals surface area (Å²) in [6.07, 6.45) is 8.18. The monoisotopic (exact) mass is 310 g/mol. The topological polar surface area (TPSA) is 43.4 Å². The van der Waals surface area contributed by atoms with E-state index in [1.54, 1.807) is 14.2 Å². The smallest absolute Gasteiger partial charge is 0.129 e. The minimum absolute atomic E-state index is 0.212. The zero-order valence-electron chi connectivity index (χ0n) is 13.6. The third-order valence-electron chi connectivity index (χ3n) is 4.16. The number of hydrogen-bond donors (Lipinski definition) is 1. The lowest BCUT2D eigenvalue weighted by atomic mass is 9.91. The van der Waals surface area contributed by atoms with Gasteiger partial charge in [0.1, 0.15) is 11.5 Å². The third-order valence-corrected chi connectivity index (χ3v) is 4.16. The lowest BCUT2D eigenvalue weighted by molar-refractivity contribution is 0.393. The van der Waals surface area contributed by atoms with E-state index in [4.69, 9.17) is 9.47 Å². The molecule has 0 saturated carbocycles. The molecule has 1 aliphatic rings. The molecule has 1 unspecified atom stereocenters. The van der Waals surface area contributed by atoms with Gasteiger partial charge in [-0.25, -0.2) is 0 Å². The second-order valence-electron chi connectivity index (χ2n) is 5.60. The van der Waals surface area contributed by atoms with Gasteiger partial charge >= 0.3 is 0 Å². The van der Waals surface area contributed by atoms with E-state index in [2.05, 4.69) is 22.4 Å². The predicted octanol–water partition coefficient (Wildman–Crippen LogP) is 3.61. The molecule has 4 heteroatoms. The van der Waals surface area contributed by atoms with Crippen molar-refractivity contribution in [3.05, 3.63) is 59.4 Å². The van der Waals surface area contributed by atoms with Crippen molar-refractivity contribution in [2.45, 2.75) is 18.9 Å². The van der Waals surface area contributed by atoms with Gasteiger partial charge in [0.15, 0.2) is 0 Å². The van der Waals surface area contributed by atoms with Crippen molar-refractivity contribution in [2.75, 3.05) is 20.8 Å². The quantitative estimate of drug-likeness (QED) is 0.937. The zero-order valence-corrected chi connectivity index (χ0v) is 13.6. The zero-order chi connectivity index (χ0) is 16.1. The Labute approximate surface area is 137 Å². The highest BCUT2D eigenvalue weighted by molar-refractivity contribution is 5.63. The molecule has 23 heavy (non-hydrogen) atoms. The maximum Gasteiger partial charge on any atom is 0.129 e. The molecule has 0 amide bonds. The Bertz CT molecular complexity index is 683. The summed E-state index contributed by atoms with van der Waals surface area (Å²) in [5, 5.41) is 3.59. The van der Waals surface area contributed by atoms with Crippen molar-refractivity contribution in [1.82, 2.24) is 10.3 Å². The summed E-state index contributed by atoms with van der Waals surface area (Å²) in [4.78, 5) is 4.25. The van der Waals surface area contributed by atoms with Gasteiger partial charge in [0.25, 0.3) is 0 Å². The molecule has 1 aromatic heterocycles. The molecule has 4 nitrogen and oxygen atoms in total. The van der Waals surface area contributed by atoms with Gasteiger partial charge in [-0.15, -0.1) is 0 Å². The number of nitrogens with one attached hydrogen (secondary N) is 1. The Hall–Kier alpha value is -2.33. The van der Waals surface area contributed by atoms with Crippen LogP contribution in [0.5, 0.6) is 11.5 Å². The summed E-state index contributed by atoms with van der Waals surface area (Å²) in [5.41, 5.74) is 3.62. The number of methoxy groups -OCH3 is 2. The van der Waals surface area contributed by atoms with Gasteiger partial charge in [0.05, 0.1) is 20.3 Å². The summed E-state index contributed by atoms with van der Waals surface area (Å²) in [6, 6.07) is 10.2. The second kappa shape index (κ2) is 7.29. The Morgan fingerprint density at radius 1 is 1.22 bits per heavy atom. The standard InChI is InChI=1S/C19H22N2O2/c1-22-17-8-7-14(18(12-17)23-2)11-15-5-4-10-21-19(15)16-6-3-9-20-13-16/h3,6-9,11-13,19,21H,4-5,10H2,1-2H3/b15-11+. The summed E-state index contributed by atoms with van der Waals surface area (Å²) < 4.78 is 10.8. The second-order valence-corrected chi connectivity index (χ2v) is 5.60. The van der Waals surface area contributed by atoms with Gasteiger partial charge in [0.2, 0.25) is 0 Å². The van der Waals surface area contributed by atoms with E-state index >= 15 is 0 Å². The molecule has 0 radical (unpaired) electrons. The molecule has 3 rings (SSSR count). The fraction of sp³-hybridized carbons (Fsp3) is 0.316. The predicted molar refractivity (Wildman–Crippen MR) is 91.7 cm³/mol. The van der Waals surface area contributed by atoms with Gasteiger partial charge in [-0.1, -0.05) is 12.1 Å². The van der Waals surface area contributed by atoms with Crippen LogP contribution in [0.15, 0.2) is 48.3 Å². The molecule has 0 spiro atoms. The van der Waals surface area contributed by atoms with Crippen LogP contribution in [0, 0.1) is 0 Å². The Morgan fingerprint density at radius 2 is 2.13 bits per heavy atom. The van der Waals surface area contributed by atoms with E-state index < -0.39 is 0 Å². The lowest BCUT2D eigenvalue weighted by Gasteiger charge is -2.27. The minimum atomic E-state index is 0.212. The van der Waals surface area contributed by atoms with Crippen molar-refractivity contribution < 1.29 is 9.47 Å². The van der Waals surface area contributed by atoms with E-state index in [9.17, 15) is 0 Å². The SMILES string of the molecule is COc1ccc(/C=C2\CCCNC2c2cccnc2)c(OC)c1. The van der Waals surface area contributed by atoms with Crippen LogP contribution in [-0.2, 0) is 0 Å². The average molecular weight is 310 g/mol. The molecule has 1 aliphatic heterocycles. The highest BCUT2D eigenvalue weighted by Crippen LogP contribution is 2.33. The van der Waals surface area contributed by atoms with Crippen LogP contribution in [0.4, 0.5) is 0 Å². The normalized spacial score (nSPS) is 19.6. The van der Waals surface area contributed by atoms with E-state index in [-0.39, 0.29) is 6.04 Å². The number of rotatable bonds is 4.